The molecule has 2 aliphatic rings. The van der Waals surface area contributed by atoms with Crippen LogP contribution in [0, 0.1) is 0 Å². The highest BCUT2D eigenvalue weighted by molar-refractivity contribution is 7.89. The van der Waals surface area contributed by atoms with Crippen molar-refractivity contribution >= 4 is 15.9 Å². The Morgan fingerprint density at radius 2 is 1.96 bits per heavy atom. The molecule has 7 nitrogen and oxygen atoms in total. The molecule has 2 heterocycles. The fourth-order valence-electron chi connectivity index (χ4n) is 3.56. The van der Waals surface area contributed by atoms with Crippen LogP contribution < -0.4 is 10.1 Å². The van der Waals surface area contributed by atoms with Crippen LogP contribution in [0.4, 0.5) is 0 Å². The first kappa shape index (κ1) is 20.1. The first-order valence-electron chi connectivity index (χ1n) is 9.60. The molecule has 2 fully saturated rings. The van der Waals surface area contributed by atoms with Gasteiger partial charge in [0.1, 0.15) is 5.75 Å². The zero-order chi connectivity index (χ0) is 19.3. The highest BCUT2D eigenvalue weighted by Gasteiger charge is 2.27. The Labute approximate surface area is 161 Å². The number of rotatable bonds is 6. The Bertz CT molecular complexity index is 751. The molecule has 0 spiro atoms. The first-order chi connectivity index (χ1) is 13.0. The van der Waals surface area contributed by atoms with Crippen LogP contribution in [-0.4, -0.2) is 58.1 Å². The molecule has 0 bridgehead atoms. The molecule has 8 heteroatoms. The van der Waals surface area contributed by atoms with Gasteiger partial charge in [0.2, 0.25) is 10.0 Å². The minimum absolute atomic E-state index is 0.0176. The molecule has 0 radical (unpaired) electrons. The molecule has 2 aliphatic heterocycles. The van der Waals surface area contributed by atoms with Crippen LogP contribution in [0.15, 0.2) is 23.1 Å². The number of ether oxygens (including phenoxy) is 2. The third-order valence-electron chi connectivity index (χ3n) is 5.13. The number of nitrogens with one attached hydrogen (secondary N) is 1. The maximum Gasteiger partial charge on any atom is 0.255 e. The van der Waals surface area contributed by atoms with Crippen molar-refractivity contribution in [3.63, 3.8) is 0 Å². The molecule has 0 unspecified atom stereocenters. The fourth-order valence-corrected chi connectivity index (χ4v) is 5.11. The van der Waals surface area contributed by atoms with Crippen LogP contribution in [0.2, 0.25) is 0 Å². The molecular formula is C19H28N2O5S. The number of carbonyl (C=O) groups excluding carboxylic acids is 1. The number of sulfonamides is 1. The van der Waals surface area contributed by atoms with Crippen molar-refractivity contribution in [3.05, 3.63) is 23.8 Å². The predicted octanol–water partition coefficient (Wildman–Crippen LogP) is 2.17. The molecule has 1 atom stereocenters. The minimum Gasteiger partial charge on any atom is -0.496 e. The molecule has 27 heavy (non-hydrogen) atoms. The summed E-state index contributed by atoms with van der Waals surface area (Å²) in [6.07, 6.45) is 5.75. The molecule has 1 N–H and O–H groups in total. The summed E-state index contributed by atoms with van der Waals surface area (Å²) >= 11 is 0. The summed E-state index contributed by atoms with van der Waals surface area (Å²) in [7, 11) is -2.16. The van der Waals surface area contributed by atoms with E-state index in [-0.39, 0.29) is 22.5 Å². The molecule has 3 rings (SSSR count). The van der Waals surface area contributed by atoms with Gasteiger partial charge < -0.3 is 14.8 Å². The third kappa shape index (κ3) is 4.80. The Kier molecular flexibility index (Phi) is 6.73. The van der Waals surface area contributed by atoms with Crippen molar-refractivity contribution in [1.82, 2.24) is 9.62 Å². The monoisotopic (exact) mass is 396 g/mol. The fraction of sp³-hybridized carbons (Fsp3) is 0.632. The van der Waals surface area contributed by atoms with Crippen LogP contribution in [-0.2, 0) is 14.8 Å². The SMILES string of the molecule is COc1ccc(S(=O)(=O)N2CCCCCC2)cc1C(=O)NC[C@@H]1CCCO1. The number of hydrogen-bond donors (Lipinski definition) is 1. The number of hydrogen-bond acceptors (Lipinski definition) is 5. The summed E-state index contributed by atoms with van der Waals surface area (Å²) < 4.78 is 38.3. The Balaban J connectivity index is 1.80. The third-order valence-corrected chi connectivity index (χ3v) is 7.03. The van der Waals surface area contributed by atoms with Crippen molar-refractivity contribution in [2.75, 3.05) is 33.4 Å². The zero-order valence-corrected chi connectivity index (χ0v) is 16.6. The van der Waals surface area contributed by atoms with E-state index in [1.807, 2.05) is 0 Å². The van der Waals surface area contributed by atoms with Crippen molar-refractivity contribution in [3.8, 4) is 5.75 Å². The smallest absolute Gasteiger partial charge is 0.255 e. The van der Waals surface area contributed by atoms with Crippen LogP contribution in [0.25, 0.3) is 0 Å². The van der Waals surface area contributed by atoms with Crippen LogP contribution in [0.1, 0.15) is 48.9 Å². The molecular weight excluding hydrogens is 368 g/mol. The van der Waals surface area contributed by atoms with Crippen LogP contribution in [0.3, 0.4) is 0 Å². The van der Waals surface area contributed by atoms with Gasteiger partial charge in [0.05, 0.1) is 23.7 Å². The molecule has 1 aromatic carbocycles. The zero-order valence-electron chi connectivity index (χ0n) is 15.8. The van der Waals surface area contributed by atoms with E-state index in [0.717, 1.165) is 38.5 Å². The highest BCUT2D eigenvalue weighted by Crippen LogP contribution is 2.26. The van der Waals surface area contributed by atoms with Gasteiger partial charge in [-0.2, -0.15) is 4.31 Å². The number of benzene rings is 1. The first-order valence-corrected chi connectivity index (χ1v) is 11.0. The average molecular weight is 397 g/mol. The lowest BCUT2D eigenvalue weighted by atomic mass is 10.1. The average Bonchev–Trinajstić information content (AvgIpc) is 3.04. The summed E-state index contributed by atoms with van der Waals surface area (Å²) in [5.41, 5.74) is 0.228. The maximum absolute atomic E-state index is 13.0. The van der Waals surface area contributed by atoms with E-state index in [4.69, 9.17) is 9.47 Å². The van der Waals surface area contributed by atoms with E-state index >= 15 is 0 Å². The molecule has 0 saturated carbocycles. The topological polar surface area (TPSA) is 84.9 Å². The van der Waals surface area contributed by atoms with E-state index in [2.05, 4.69) is 5.32 Å². The van der Waals surface area contributed by atoms with Gasteiger partial charge in [-0.3, -0.25) is 4.79 Å². The van der Waals surface area contributed by atoms with Gasteiger partial charge in [0.15, 0.2) is 0 Å². The second kappa shape index (κ2) is 9.03. The van der Waals surface area contributed by atoms with E-state index in [1.54, 1.807) is 6.07 Å². The molecule has 2 saturated heterocycles. The largest absolute Gasteiger partial charge is 0.496 e. The maximum atomic E-state index is 13.0. The summed E-state index contributed by atoms with van der Waals surface area (Å²) in [6, 6.07) is 4.48. The van der Waals surface area contributed by atoms with E-state index in [9.17, 15) is 13.2 Å². The lowest BCUT2D eigenvalue weighted by Gasteiger charge is -2.21. The number of amides is 1. The minimum atomic E-state index is -3.62. The van der Waals surface area contributed by atoms with E-state index in [0.29, 0.717) is 32.0 Å². The second-order valence-corrected chi connectivity index (χ2v) is 8.96. The second-order valence-electron chi connectivity index (χ2n) is 7.03. The van der Waals surface area contributed by atoms with Gasteiger partial charge in [-0.15, -0.1) is 0 Å². The van der Waals surface area contributed by atoms with Crippen LogP contribution >= 0.6 is 0 Å². The lowest BCUT2D eigenvalue weighted by molar-refractivity contribution is 0.0855. The standard InChI is InChI=1S/C19H28N2O5S/c1-25-18-9-8-16(27(23,24)21-10-4-2-3-5-11-21)13-17(18)19(22)20-14-15-7-6-12-26-15/h8-9,13,15H,2-7,10-12,14H2,1H3,(H,20,22)/t15-/m0/s1. The molecule has 150 valence electrons. The van der Waals surface area contributed by atoms with Crippen molar-refractivity contribution < 1.29 is 22.7 Å². The normalized spacial score (nSPS) is 21.6. The lowest BCUT2D eigenvalue weighted by Crippen LogP contribution is -2.33. The van der Waals surface area contributed by atoms with Crippen molar-refractivity contribution in [2.45, 2.75) is 49.5 Å². The quantitative estimate of drug-likeness (QED) is 0.797. The van der Waals surface area contributed by atoms with Crippen molar-refractivity contribution in [1.29, 1.82) is 0 Å². The molecule has 0 aromatic heterocycles. The number of nitrogens with zero attached hydrogens (tertiary/aromatic N) is 1. The van der Waals surface area contributed by atoms with E-state index in [1.165, 1.54) is 23.5 Å². The molecule has 1 amide bonds. The summed E-state index contributed by atoms with van der Waals surface area (Å²) in [6.45, 7) is 2.17. The predicted molar refractivity (Wildman–Crippen MR) is 102 cm³/mol. The molecule has 1 aromatic rings. The van der Waals surface area contributed by atoms with Crippen LogP contribution in [0.5, 0.6) is 5.75 Å². The Morgan fingerprint density at radius 3 is 2.59 bits per heavy atom. The number of methoxy groups -OCH3 is 1. The highest BCUT2D eigenvalue weighted by atomic mass is 32.2. The van der Waals surface area contributed by atoms with Crippen molar-refractivity contribution in [2.24, 2.45) is 0 Å². The van der Waals surface area contributed by atoms with Gasteiger partial charge in [-0.25, -0.2) is 8.42 Å². The summed E-state index contributed by atoms with van der Waals surface area (Å²) in [5.74, 6) is 0.00456. The van der Waals surface area contributed by atoms with Gasteiger partial charge in [-0.1, -0.05) is 12.8 Å². The van der Waals surface area contributed by atoms with Gasteiger partial charge in [0, 0.05) is 26.2 Å². The Hall–Kier alpha value is -1.64. The Morgan fingerprint density at radius 1 is 1.22 bits per heavy atom. The summed E-state index contributed by atoms with van der Waals surface area (Å²) in [4.78, 5) is 12.8. The molecule has 0 aliphatic carbocycles. The van der Waals surface area contributed by atoms with Gasteiger partial charge >= 0.3 is 0 Å². The van der Waals surface area contributed by atoms with Gasteiger partial charge in [-0.05, 0) is 43.9 Å². The van der Waals surface area contributed by atoms with Gasteiger partial charge in [0.25, 0.3) is 5.91 Å². The van der Waals surface area contributed by atoms with E-state index < -0.39 is 10.0 Å². The number of carbonyl (C=O) groups is 1. The summed E-state index contributed by atoms with van der Waals surface area (Å²) in [5, 5.41) is 2.83.